The smallest absolute Gasteiger partial charge is 0.177 e. The van der Waals surface area contributed by atoms with Crippen molar-refractivity contribution in [3.63, 3.8) is 0 Å². The summed E-state index contributed by atoms with van der Waals surface area (Å²) in [7, 11) is 0. The lowest BCUT2D eigenvalue weighted by Gasteiger charge is -2.02. The third-order valence-electron chi connectivity index (χ3n) is 1.82. The van der Waals surface area contributed by atoms with E-state index in [1.54, 1.807) is 18.2 Å². The molecule has 2 N–H and O–H groups in total. The second-order valence-corrected chi connectivity index (χ2v) is 2.84. The van der Waals surface area contributed by atoms with Gasteiger partial charge in [-0.1, -0.05) is 17.7 Å². The Bertz CT molecular complexity index is 345. The van der Waals surface area contributed by atoms with E-state index in [-0.39, 0.29) is 12.3 Å². The zero-order chi connectivity index (χ0) is 9.84. The number of nitrogens with two attached hydrogens (primary N) is 1. The van der Waals surface area contributed by atoms with Gasteiger partial charge in [0, 0.05) is 11.1 Å². The van der Waals surface area contributed by atoms with Crippen molar-refractivity contribution < 1.29 is 9.59 Å². The fourth-order valence-corrected chi connectivity index (χ4v) is 1.12. The molecule has 1 aromatic carbocycles. The van der Waals surface area contributed by atoms with Gasteiger partial charge in [-0.2, -0.15) is 0 Å². The Morgan fingerprint density at radius 2 is 2.23 bits per heavy atom. The van der Waals surface area contributed by atoms with Crippen molar-refractivity contribution in [2.24, 2.45) is 5.73 Å². The molecule has 13 heavy (non-hydrogen) atoms. The zero-order valence-electron chi connectivity index (χ0n) is 7.41. The molecule has 1 rings (SSSR count). The highest BCUT2D eigenvalue weighted by molar-refractivity contribution is 6.03. The first kappa shape index (κ1) is 9.61. The van der Waals surface area contributed by atoms with Gasteiger partial charge < -0.3 is 5.73 Å². The highest BCUT2D eigenvalue weighted by Gasteiger charge is 2.08. The second kappa shape index (κ2) is 3.96. The standard InChI is InChI=1S/C10H11NO2/c1-7-2-3-8(6-12)9(4-7)10(13)5-11/h2-4,6H,5,11H2,1H3. The molecule has 0 aromatic heterocycles. The molecule has 0 aliphatic rings. The molecule has 0 atom stereocenters. The fourth-order valence-electron chi connectivity index (χ4n) is 1.12. The molecule has 0 aliphatic carbocycles. The molecule has 0 saturated carbocycles. The van der Waals surface area contributed by atoms with Crippen molar-refractivity contribution in [2.45, 2.75) is 6.92 Å². The number of carbonyl (C=O) groups excluding carboxylic acids is 2. The lowest BCUT2D eigenvalue weighted by atomic mass is 10.0. The largest absolute Gasteiger partial charge is 0.324 e. The molecule has 3 nitrogen and oxygen atoms in total. The summed E-state index contributed by atoms with van der Waals surface area (Å²) in [6, 6.07) is 5.10. The fraction of sp³-hybridized carbons (Fsp3) is 0.200. The Labute approximate surface area is 76.6 Å². The number of carbonyl (C=O) groups is 2. The van der Waals surface area contributed by atoms with Crippen LogP contribution in [0, 0.1) is 6.92 Å². The van der Waals surface area contributed by atoms with E-state index in [0.29, 0.717) is 17.4 Å². The van der Waals surface area contributed by atoms with Gasteiger partial charge in [0.2, 0.25) is 0 Å². The van der Waals surface area contributed by atoms with Crippen LogP contribution in [0.15, 0.2) is 18.2 Å². The molecule has 0 fully saturated rings. The van der Waals surface area contributed by atoms with E-state index < -0.39 is 0 Å². The summed E-state index contributed by atoms with van der Waals surface area (Å²) in [6.45, 7) is 1.80. The van der Waals surface area contributed by atoms with E-state index >= 15 is 0 Å². The summed E-state index contributed by atoms with van der Waals surface area (Å²) in [4.78, 5) is 21.8. The van der Waals surface area contributed by atoms with E-state index in [0.717, 1.165) is 5.56 Å². The maximum absolute atomic E-state index is 11.3. The van der Waals surface area contributed by atoms with Gasteiger partial charge in [-0.25, -0.2) is 0 Å². The maximum atomic E-state index is 11.3. The quantitative estimate of drug-likeness (QED) is 0.552. The lowest BCUT2D eigenvalue weighted by Crippen LogP contribution is -2.15. The zero-order valence-corrected chi connectivity index (χ0v) is 7.41. The summed E-state index contributed by atoms with van der Waals surface area (Å²) in [5.74, 6) is -0.203. The molecule has 1 aromatic rings. The second-order valence-electron chi connectivity index (χ2n) is 2.84. The molecule has 0 radical (unpaired) electrons. The van der Waals surface area contributed by atoms with Gasteiger partial charge in [-0.3, -0.25) is 9.59 Å². The highest BCUT2D eigenvalue weighted by atomic mass is 16.1. The molecule has 68 valence electrons. The van der Waals surface area contributed by atoms with E-state index in [2.05, 4.69) is 0 Å². The van der Waals surface area contributed by atoms with Crippen LogP contribution in [0.4, 0.5) is 0 Å². The molecule has 0 spiro atoms. The minimum absolute atomic E-state index is 0.0652. The van der Waals surface area contributed by atoms with E-state index in [1.807, 2.05) is 6.92 Å². The van der Waals surface area contributed by atoms with Crippen LogP contribution in [-0.4, -0.2) is 18.6 Å². The third kappa shape index (κ3) is 2.00. The van der Waals surface area contributed by atoms with Crippen LogP contribution in [0.2, 0.25) is 0 Å². The molecule has 0 bridgehead atoms. The third-order valence-corrected chi connectivity index (χ3v) is 1.82. The van der Waals surface area contributed by atoms with Gasteiger partial charge in [0.1, 0.15) is 0 Å². The molecular formula is C10H11NO2. The monoisotopic (exact) mass is 177 g/mol. The normalized spacial score (nSPS) is 9.69. The maximum Gasteiger partial charge on any atom is 0.177 e. The van der Waals surface area contributed by atoms with Crippen LogP contribution in [-0.2, 0) is 0 Å². The molecule has 3 heteroatoms. The summed E-state index contributed by atoms with van der Waals surface area (Å²) in [6.07, 6.45) is 0.669. The van der Waals surface area contributed by atoms with Gasteiger partial charge in [0.25, 0.3) is 0 Å². The molecular weight excluding hydrogens is 166 g/mol. The first-order chi connectivity index (χ1) is 6.19. The Kier molecular flexibility index (Phi) is 2.93. The number of benzene rings is 1. The van der Waals surface area contributed by atoms with Gasteiger partial charge >= 0.3 is 0 Å². The summed E-state index contributed by atoms with van der Waals surface area (Å²) < 4.78 is 0. The minimum Gasteiger partial charge on any atom is -0.324 e. The number of ketones is 1. The van der Waals surface area contributed by atoms with Crippen LogP contribution >= 0.6 is 0 Å². The van der Waals surface area contributed by atoms with Gasteiger partial charge in [-0.05, 0) is 13.0 Å². The molecule has 0 saturated heterocycles. The van der Waals surface area contributed by atoms with Gasteiger partial charge in [-0.15, -0.1) is 0 Å². The van der Waals surface area contributed by atoms with Crippen LogP contribution < -0.4 is 5.73 Å². The van der Waals surface area contributed by atoms with Crippen LogP contribution in [0.3, 0.4) is 0 Å². The van der Waals surface area contributed by atoms with Gasteiger partial charge in [0.05, 0.1) is 6.54 Å². The van der Waals surface area contributed by atoms with Crippen LogP contribution in [0.1, 0.15) is 26.3 Å². The number of hydrogen-bond donors (Lipinski definition) is 1. The molecule has 0 aliphatic heterocycles. The number of aldehydes is 1. The summed E-state index contributed by atoms with van der Waals surface area (Å²) in [5, 5.41) is 0. The Balaban J connectivity index is 3.23. The number of hydrogen-bond acceptors (Lipinski definition) is 3. The Morgan fingerprint density at radius 1 is 1.54 bits per heavy atom. The van der Waals surface area contributed by atoms with Crippen molar-refractivity contribution in [2.75, 3.05) is 6.54 Å². The SMILES string of the molecule is Cc1ccc(C=O)c(C(=O)CN)c1. The van der Waals surface area contributed by atoms with Crippen molar-refractivity contribution in [3.8, 4) is 0 Å². The first-order valence-electron chi connectivity index (χ1n) is 3.98. The van der Waals surface area contributed by atoms with E-state index in [9.17, 15) is 9.59 Å². The number of rotatable bonds is 3. The van der Waals surface area contributed by atoms with Crippen molar-refractivity contribution in [3.05, 3.63) is 34.9 Å². The molecule has 0 amide bonds. The van der Waals surface area contributed by atoms with E-state index in [1.165, 1.54) is 0 Å². The van der Waals surface area contributed by atoms with Crippen molar-refractivity contribution >= 4 is 12.1 Å². The summed E-state index contributed by atoms with van der Waals surface area (Å²) >= 11 is 0. The van der Waals surface area contributed by atoms with E-state index in [4.69, 9.17) is 5.73 Å². The topological polar surface area (TPSA) is 60.2 Å². The van der Waals surface area contributed by atoms with Crippen LogP contribution in [0.25, 0.3) is 0 Å². The van der Waals surface area contributed by atoms with Crippen LogP contribution in [0.5, 0.6) is 0 Å². The van der Waals surface area contributed by atoms with Gasteiger partial charge in [0.15, 0.2) is 12.1 Å². The Hall–Kier alpha value is -1.48. The molecule has 0 heterocycles. The predicted molar refractivity (Wildman–Crippen MR) is 50.0 cm³/mol. The highest BCUT2D eigenvalue weighted by Crippen LogP contribution is 2.10. The minimum atomic E-state index is -0.203. The lowest BCUT2D eigenvalue weighted by molar-refractivity contribution is 0.0994. The number of Topliss-reactive ketones (excluding diaryl/α,β-unsaturated/α-hetero) is 1. The summed E-state index contributed by atoms with van der Waals surface area (Å²) in [5.41, 5.74) is 6.98. The average Bonchev–Trinajstić information content (AvgIpc) is 2.16. The van der Waals surface area contributed by atoms with Crippen molar-refractivity contribution in [1.82, 2.24) is 0 Å². The number of aryl methyl sites for hydroxylation is 1. The molecule has 0 unspecified atom stereocenters. The Morgan fingerprint density at radius 3 is 2.77 bits per heavy atom. The first-order valence-corrected chi connectivity index (χ1v) is 3.98. The predicted octanol–water partition coefficient (Wildman–Crippen LogP) is 0.949. The average molecular weight is 177 g/mol. The van der Waals surface area contributed by atoms with Crippen molar-refractivity contribution in [1.29, 1.82) is 0 Å².